The van der Waals surface area contributed by atoms with E-state index >= 15 is 0 Å². The maximum atomic E-state index is 12.2. The first-order chi connectivity index (χ1) is 8.69. The zero-order valence-electron chi connectivity index (χ0n) is 10.7. The molecule has 1 saturated heterocycles. The summed E-state index contributed by atoms with van der Waals surface area (Å²) in [5.41, 5.74) is 1.08. The standard InChI is InChI=1S/C14H19BrN2O/c1-16-13-3-2-8-17(10-13)14(18)9-11-4-6-12(15)7-5-11/h4-7,13,16H,2-3,8-10H2,1H3. The largest absolute Gasteiger partial charge is 0.341 e. The predicted molar refractivity (Wildman–Crippen MR) is 76.5 cm³/mol. The molecule has 1 aliphatic rings. The number of nitrogens with one attached hydrogen (secondary N) is 1. The average molecular weight is 311 g/mol. The molecule has 1 aromatic carbocycles. The number of piperidine rings is 1. The molecule has 4 heteroatoms. The Balaban J connectivity index is 1.93. The summed E-state index contributed by atoms with van der Waals surface area (Å²) in [6, 6.07) is 8.42. The monoisotopic (exact) mass is 310 g/mol. The molecule has 3 nitrogen and oxygen atoms in total. The van der Waals surface area contributed by atoms with Gasteiger partial charge in [0, 0.05) is 23.6 Å². The Morgan fingerprint density at radius 3 is 2.83 bits per heavy atom. The Morgan fingerprint density at radius 1 is 1.44 bits per heavy atom. The number of amides is 1. The molecule has 1 N–H and O–H groups in total. The van der Waals surface area contributed by atoms with Gasteiger partial charge in [-0.2, -0.15) is 0 Å². The summed E-state index contributed by atoms with van der Waals surface area (Å²) in [7, 11) is 1.97. The van der Waals surface area contributed by atoms with Gasteiger partial charge in [0.15, 0.2) is 0 Å². The minimum Gasteiger partial charge on any atom is -0.341 e. The Kier molecular flexibility index (Phi) is 4.78. The summed E-state index contributed by atoms with van der Waals surface area (Å²) in [5, 5.41) is 3.26. The fourth-order valence-corrected chi connectivity index (χ4v) is 2.59. The van der Waals surface area contributed by atoms with Crippen LogP contribution in [0.15, 0.2) is 28.7 Å². The van der Waals surface area contributed by atoms with Crippen LogP contribution in [0.5, 0.6) is 0 Å². The van der Waals surface area contributed by atoms with Gasteiger partial charge in [-0.1, -0.05) is 28.1 Å². The van der Waals surface area contributed by atoms with Crippen molar-refractivity contribution in [2.45, 2.75) is 25.3 Å². The third kappa shape index (κ3) is 3.56. The molecule has 1 aliphatic heterocycles. The van der Waals surface area contributed by atoms with Gasteiger partial charge in [-0.05, 0) is 37.6 Å². The van der Waals surface area contributed by atoms with Gasteiger partial charge in [-0.15, -0.1) is 0 Å². The van der Waals surface area contributed by atoms with Gasteiger partial charge in [0.05, 0.1) is 6.42 Å². The molecule has 1 atom stereocenters. The fraction of sp³-hybridized carbons (Fsp3) is 0.500. The van der Waals surface area contributed by atoms with Gasteiger partial charge in [0.25, 0.3) is 0 Å². The first-order valence-corrected chi connectivity index (χ1v) is 7.18. The zero-order chi connectivity index (χ0) is 13.0. The van der Waals surface area contributed by atoms with Gasteiger partial charge < -0.3 is 10.2 Å². The third-order valence-corrected chi connectivity index (χ3v) is 3.98. The number of hydrogen-bond donors (Lipinski definition) is 1. The molecule has 0 bridgehead atoms. The smallest absolute Gasteiger partial charge is 0.227 e. The van der Waals surface area contributed by atoms with Crippen LogP contribution >= 0.6 is 15.9 Å². The normalized spacial score (nSPS) is 19.9. The van der Waals surface area contributed by atoms with Crippen LogP contribution < -0.4 is 5.32 Å². The van der Waals surface area contributed by atoms with E-state index in [2.05, 4.69) is 21.2 Å². The van der Waals surface area contributed by atoms with Gasteiger partial charge in [0.1, 0.15) is 0 Å². The number of rotatable bonds is 3. The molecule has 1 heterocycles. The van der Waals surface area contributed by atoms with E-state index in [4.69, 9.17) is 0 Å². The number of likely N-dealkylation sites (tertiary alicyclic amines) is 1. The number of likely N-dealkylation sites (N-methyl/N-ethyl adjacent to an activating group) is 1. The molecule has 98 valence electrons. The lowest BCUT2D eigenvalue weighted by Crippen LogP contribution is -2.47. The van der Waals surface area contributed by atoms with E-state index in [1.807, 2.05) is 36.2 Å². The van der Waals surface area contributed by atoms with Crippen molar-refractivity contribution in [3.8, 4) is 0 Å². The molecule has 0 aromatic heterocycles. The molecule has 1 amide bonds. The zero-order valence-corrected chi connectivity index (χ0v) is 12.2. The fourth-order valence-electron chi connectivity index (χ4n) is 2.33. The van der Waals surface area contributed by atoms with Crippen molar-refractivity contribution < 1.29 is 4.79 Å². The Hall–Kier alpha value is -0.870. The molecule has 2 rings (SSSR count). The van der Waals surface area contributed by atoms with Crippen LogP contribution in [0.25, 0.3) is 0 Å². The Bertz CT molecular complexity index is 405. The number of benzene rings is 1. The summed E-state index contributed by atoms with van der Waals surface area (Å²) < 4.78 is 1.05. The van der Waals surface area contributed by atoms with E-state index in [1.54, 1.807) is 0 Å². The maximum Gasteiger partial charge on any atom is 0.227 e. The second kappa shape index (κ2) is 6.34. The third-order valence-electron chi connectivity index (χ3n) is 3.45. The predicted octanol–water partition coefficient (Wildman–Crippen LogP) is 2.20. The lowest BCUT2D eigenvalue weighted by molar-refractivity contribution is -0.131. The summed E-state index contributed by atoms with van der Waals surface area (Å²) in [6.07, 6.45) is 2.76. The number of carbonyl (C=O) groups is 1. The number of halogens is 1. The van der Waals surface area contributed by atoms with Gasteiger partial charge >= 0.3 is 0 Å². The Morgan fingerprint density at radius 2 is 2.17 bits per heavy atom. The van der Waals surface area contributed by atoms with Crippen molar-refractivity contribution in [3.63, 3.8) is 0 Å². The van der Waals surface area contributed by atoms with Crippen molar-refractivity contribution in [1.82, 2.24) is 10.2 Å². The van der Waals surface area contributed by atoms with Crippen LogP contribution in [0.2, 0.25) is 0 Å². The molecule has 0 saturated carbocycles. The molecular weight excluding hydrogens is 292 g/mol. The van der Waals surface area contributed by atoms with Crippen LogP contribution in [-0.2, 0) is 11.2 Å². The highest BCUT2D eigenvalue weighted by Crippen LogP contribution is 2.14. The van der Waals surface area contributed by atoms with Crippen molar-refractivity contribution in [1.29, 1.82) is 0 Å². The summed E-state index contributed by atoms with van der Waals surface area (Å²) in [6.45, 7) is 1.74. The van der Waals surface area contributed by atoms with Crippen molar-refractivity contribution >= 4 is 21.8 Å². The lowest BCUT2D eigenvalue weighted by Gasteiger charge is -2.32. The van der Waals surface area contributed by atoms with Crippen molar-refractivity contribution in [2.75, 3.05) is 20.1 Å². The molecule has 1 fully saturated rings. The first-order valence-electron chi connectivity index (χ1n) is 6.38. The SMILES string of the molecule is CNC1CCCN(C(=O)Cc2ccc(Br)cc2)C1. The minimum atomic E-state index is 0.234. The van der Waals surface area contributed by atoms with Gasteiger partial charge in [-0.3, -0.25) is 4.79 Å². The average Bonchev–Trinajstić information content (AvgIpc) is 2.41. The number of hydrogen-bond acceptors (Lipinski definition) is 2. The van der Waals surface area contributed by atoms with Crippen LogP contribution in [0, 0.1) is 0 Å². The molecule has 0 radical (unpaired) electrons. The van der Waals surface area contributed by atoms with E-state index < -0.39 is 0 Å². The van der Waals surface area contributed by atoms with Crippen molar-refractivity contribution in [2.24, 2.45) is 0 Å². The number of nitrogens with zero attached hydrogens (tertiary/aromatic N) is 1. The van der Waals surface area contributed by atoms with E-state index in [0.29, 0.717) is 12.5 Å². The second-order valence-electron chi connectivity index (χ2n) is 4.77. The molecule has 1 aromatic rings. The topological polar surface area (TPSA) is 32.3 Å². The van der Waals surface area contributed by atoms with Crippen LogP contribution in [-0.4, -0.2) is 37.0 Å². The van der Waals surface area contributed by atoms with Gasteiger partial charge in [-0.25, -0.2) is 0 Å². The van der Waals surface area contributed by atoms with Crippen LogP contribution in [0.4, 0.5) is 0 Å². The van der Waals surface area contributed by atoms with E-state index in [9.17, 15) is 4.79 Å². The Labute approximate surface area is 117 Å². The van der Waals surface area contributed by atoms with Crippen LogP contribution in [0.3, 0.4) is 0 Å². The molecule has 0 spiro atoms. The molecule has 1 unspecified atom stereocenters. The maximum absolute atomic E-state index is 12.2. The van der Waals surface area contributed by atoms with E-state index in [1.165, 1.54) is 6.42 Å². The molecule has 0 aliphatic carbocycles. The number of carbonyl (C=O) groups excluding carboxylic acids is 1. The quantitative estimate of drug-likeness (QED) is 0.928. The molecule has 18 heavy (non-hydrogen) atoms. The highest BCUT2D eigenvalue weighted by Gasteiger charge is 2.22. The minimum absolute atomic E-state index is 0.234. The van der Waals surface area contributed by atoms with Crippen LogP contribution in [0.1, 0.15) is 18.4 Å². The van der Waals surface area contributed by atoms with E-state index in [0.717, 1.165) is 29.5 Å². The summed E-state index contributed by atoms with van der Waals surface area (Å²) in [5.74, 6) is 0.234. The highest BCUT2D eigenvalue weighted by atomic mass is 79.9. The second-order valence-corrected chi connectivity index (χ2v) is 5.69. The summed E-state index contributed by atoms with van der Waals surface area (Å²) >= 11 is 3.40. The van der Waals surface area contributed by atoms with E-state index in [-0.39, 0.29) is 5.91 Å². The first kappa shape index (κ1) is 13.6. The van der Waals surface area contributed by atoms with Crippen molar-refractivity contribution in [3.05, 3.63) is 34.3 Å². The molecular formula is C14H19BrN2O. The lowest BCUT2D eigenvalue weighted by atomic mass is 10.0. The summed E-state index contributed by atoms with van der Waals surface area (Å²) in [4.78, 5) is 14.2. The van der Waals surface area contributed by atoms with Gasteiger partial charge in [0.2, 0.25) is 5.91 Å². The highest BCUT2D eigenvalue weighted by molar-refractivity contribution is 9.10.